The van der Waals surface area contributed by atoms with Crippen LogP contribution in [0.3, 0.4) is 0 Å². The van der Waals surface area contributed by atoms with Gasteiger partial charge in [0.2, 0.25) is 0 Å². The highest BCUT2D eigenvalue weighted by atomic mass is 16.4. The van der Waals surface area contributed by atoms with Gasteiger partial charge in [-0.2, -0.15) is 0 Å². The maximum Gasteiger partial charge on any atom is 0.303 e. The van der Waals surface area contributed by atoms with Crippen LogP contribution in [0.1, 0.15) is 31.5 Å². The van der Waals surface area contributed by atoms with Crippen LogP contribution in [-0.4, -0.2) is 34.1 Å². The zero-order valence-corrected chi connectivity index (χ0v) is 11.1. The number of H-pyrrole nitrogens is 1. The lowest BCUT2D eigenvalue weighted by atomic mass is 9.92. The van der Waals surface area contributed by atoms with Crippen LogP contribution in [0.2, 0.25) is 0 Å². The van der Waals surface area contributed by atoms with Gasteiger partial charge in [0.25, 0.3) is 5.56 Å². The van der Waals surface area contributed by atoms with E-state index in [1.807, 2.05) is 0 Å². The Balaban J connectivity index is 1.92. The number of rotatable bonds is 4. The smallest absolute Gasteiger partial charge is 0.303 e. The quantitative estimate of drug-likeness (QED) is 0.853. The Morgan fingerprint density at radius 3 is 2.79 bits per heavy atom. The number of hydrogen-bond donors (Lipinski definition) is 2. The van der Waals surface area contributed by atoms with E-state index in [4.69, 9.17) is 5.11 Å². The fraction of sp³-hybridized carbons (Fsp3) is 0.615. The summed E-state index contributed by atoms with van der Waals surface area (Å²) in [6.07, 6.45) is 2.90. The maximum atomic E-state index is 11.4. The molecule has 0 spiro atoms. The van der Waals surface area contributed by atoms with Crippen LogP contribution in [0.4, 0.5) is 5.82 Å². The van der Waals surface area contributed by atoms with Crippen LogP contribution >= 0.6 is 0 Å². The Morgan fingerprint density at radius 1 is 1.53 bits per heavy atom. The van der Waals surface area contributed by atoms with Crippen molar-refractivity contribution in [3.05, 3.63) is 22.2 Å². The molecule has 1 aromatic rings. The molecule has 0 bridgehead atoms. The molecule has 0 saturated carbocycles. The fourth-order valence-corrected chi connectivity index (χ4v) is 2.50. The first-order chi connectivity index (χ1) is 9.04. The second-order valence-corrected chi connectivity index (χ2v) is 5.05. The molecule has 0 amide bonds. The SMILES string of the molecule is Cc1nc(N2CCC(CCC(=O)O)CC2)cc(=O)[nH]1. The highest BCUT2D eigenvalue weighted by Crippen LogP contribution is 2.24. The van der Waals surface area contributed by atoms with Crippen molar-refractivity contribution in [1.82, 2.24) is 9.97 Å². The molecule has 2 rings (SSSR count). The summed E-state index contributed by atoms with van der Waals surface area (Å²) in [5.41, 5.74) is -0.129. The van der Waals surface area contributed by atoms with Gasteiger partial charge in [-0.1, -0.05) is 0 Å². The van der Waals surface area contributed by atoms with Gasteiger partial charge < -0.3 is 15.0 Å². The number of aromatic amines is 1. The summed E-state index contributed by atoms with van der Waals surface area (Å²) in [5, 5.41) is 8.68. The molecule has 1 aliphatic heterocycles. The lowest BCUT2D eigenvalue weighted by Crippen LogP contribution is -2.35. The molecule has 6 heteroatoms. The second kappa shape index (κ2) is 5.86. The maximum absolute atomic E-state index is 11.4. The zero-order chi connectivity index (χ0) is 13.8. The van der Waals surface area contributed by atoms with Gasteiger partial charge in [0.1, 0.15) is 11.6 Å². The minimum Gasteiger partial charge on any atom is -0.481 e. The van der Waals surface area contributed by atoms with Crippen LogP contribution in [0, 0.1) is 12.8 Å². The summed E-state index contributed by atoms with van der Waals surface area (Å²) in [7, 11) is 0. The summed E-state index contributed by atoms with van der Waals surface area (Å²) < 4.78 is 0. The molecule has 0 atom stereocenters. The van der Waals surface area contributed by atoms with E-state index in [-0.39, 0.29) is 12.0 Å². The minimum atomic E-state index is -0.727. The van der Waals surface area contributed by atoms with Gasteiger partial charge in [0, 0.05) is 25.6 Å². The largest absolute Gasteiger partial charge is 0.481 e. The fourth-order valence-electron chi connectivity index (χ4n) is 2.50. The van der Waals surface area contributed by atoms with Crippen LogP contribution < -0.4 is 10.5 Å². The number of aromatic nitrogens is 2. The van der Waals surface area contributed by atoms with E-state index in [1.54, 1.807) is 6.92 Å². The predicted octanol–water partition coefficient (Wildman–Crippen LogP) is 1.16. The first kappa shape index (κ1) is 13.6. The van der Waals surface area contributed by atoms with Crippen molar-refractivity contribution in [2.45, 2.75) is 32.6 Å². The van der Waals surface area contributed by atoms with Gasteiger partial charge in [-0.15, -0.1) is 0 Å². The number of carboxylic acids is 1. The molecule has 104 valence electrons. The highest BCUT2D eigenvalue weighted by molar-refractivity contribution is 5.66. The minimum absolute atomic E-state index is 0.129. The molecule has 0 aliphatic carbocycles. The van der Waals surface area contributed by atoms with E-state index in [9.17, 15) is 9.59 Å². The molecular weight excluding hydrogens is 246 g/mol. The van der Waals surface area contributed by atoms with E-state index in [0.717, 1.165) is 38.2 Å². The number of anilines is 1. The lowest BCUT2D eigenvalue weighted by Gasteiger charge is -2.32. The topological polar surface area (TPSA) is 86.3 Å². The molecule has 1 saturated heterocycles. The number of carboxylic acid groups (broad SMARTS) is 1. The monoisotopic (exact) mass is 265 g/mol. The van der Waals surface area contributed by atoms with Crippen molar-refractivity contribution < 1.29 is 9.90 Å². The standard InChI is InChI=1S/C13H19N3O3/c1-9-14-11(8-12(17)15-9)16-6-4-10(5-7-16)2-3-13(18)19/h8,10H,2-7H2,1H3,(H,18,19)(H,14,15,17). The number of piperidine rings is 1. The van der Waals surface area contributed by atoms with Gasteiger partial charge in [-0.05, 0) is 32.1 Å². The van der Waals surface area contributed by atoms with Crippen LogP contribution in [0.25, 0.3) is 0 Å². The van der Waals surface area contributed by atoms with E-state index in [2.05, 4.69) is 14.9 Å². The van der Waals surface area contributed by atoms with Crippen molar-refractivity contribution in [1.29, 1.82) is 0 Å². The lowest BCUT2D eigenvalue weighted by molar-refractivity contribution is -0.137. The van der Waals surface area contributed by atoms with Crippen molar-refractivity contribution in [2.75, 3.05) is 18.0 Å². The molecule has 0 unspecified atom stereocenters. The van der Waals surface area contributed by atoms with Crippen LogP contribution in [0.5, 0.6) is 0 Å². The van der Waals surface area contributed by atoms with Gasteiger partial charge in [-0.25, -0.2) is 4.98 Å². The summed E-state index contributed by atoms with van der Waals surface area (Å²) in [5.74, 6) is 1.08. The Morgan fingerprint density at radius 2 is 2.21 bits per heavy atom. The van der Waals surface area contributed by atoms with E-state index >= 15 is 0 Å². The normalized spacial score (nSPS) is 16.6. The van der Waals surface area contributed by atoms with Gasteiger partial charge in [-0.3, -0.25) is 9.59 Å². The summed E-state index contributed by atoms with van der Waals surface area (Å²) in [4.78, 5) is 31.0. The van der Waals surface area contributed by atoms with Gasteiger partial charge in [0.05, 0.1) is 0 Å². The summed E-state index contributed by atoms with van der Waals surface area (Å²) >= 11 is 0. The molecule has 0 radical (unpaired) electrons. The van der Waals surface area contributed by atoms with Crippen molar-refractivity contribution in [2.24, 2.45) is 5.92 Å². The van der Waals surface area contributed by atoms with Gasteiger partial charge in [0.15, 0.2) is 0 Å². The van der Waals surface area contributed by atoms with Crippen molar-refractivity contribution in [3.63, 3.8) is 0 Å². The molecule has 19 heavy (non-hydrogen) atoms. The van der Waals surface area contributed by atoms with E-state index in [1.165, 1.54) is 6.07 Å². The van der Waals surface area contributed by atoms with Crippen LogP contribution in [-0.2, 0) is 4.79 Å². The zero-order valence-electron chi connectivity index (χ0n) is 11.1. The van der Waals surface area contributed by atoms with E-state index in [0.29, 0.717) is 11.7 Å². The second-order valence-electron chi connectivity index (χ2n) is 5.05. The number of nitrogens with zero attached hydrogens (tertiary/aromatic N) is 2. The molecule has 2 heterocycles. The van der Waals surface area contributed by atoms with Crippen molar-refractivity contribution >= 4 is 11.8 Å². The third-order valence-corrected chi connectivity index (χ3v) is 3.55. The molecule has 0 aromatic carbocycles. The number of hydrogen-bond acceptors (Lipinski definition) is 4. The predicted molar refractivity (Wildman–Crippen MR) is 71.4 cm³/mol. The Bertz CT molecular complexity index is 504. The molecule has 1 fully saturated rings. The summed E-state index contributed by atoms with van der Waals surface area (Å²) in [6, 6.07) is 1.52. The van der Waals surface area contributed by atoms with Crippen LogP contribution in [0.15, 0.2) is 10.9 Å². The number of aliphatic carboxylic acids is 1. The molecule has 1 aliphatic rings. The molecule has 6 nitrogen and oxygen atoms in total. The number of carbonyl (C=O) groups is 1. The molecular formula is C13H19N3O3. The average Bonchev–Trinajstić information content (AvgIpc) is 2.36. The summed E-state index contributed by atoms with van der Waals surface area (Å²) in [6.45, 7) is 3.44. The highest BCUT2D eigenvalue weighted by Gasteiger charge is 2.21. The average molecular weight is 265 g/mol. The third-order valence-electron chi connectivity index (χ3n) is 3.55. The Kier molecular flexibility index (Phi) is 4.19. The number of aryl methyl sites for hydroxylation is 1. The van der Waals surface area contributed by atoms with E-state index < -0.39 is 5.97 Å². The third kappa shape index (κ3) is 3.81. The molecule has 1 aromatic heterocycles. The first-order valence-corrected chi connectivity index (χ1v) is 6.59. The first-order valence-electron chi connectivity index (χ1n) is 6.59. The molecule has 2 N–H and O–H groups in total. The van der Waals surface area contributed by atoms with Gasteiger partial charge >= 0.3 is 5.97 Å². The van der Waals surface area contributed by atoms with Crippen molar-refractivity contribution in [3.8, 4) is 0 Å². The number of nitrogens with one attached hydrogen (secondary N) is 1. The Labute approximate surface area is 111 Å². The Hall–Kier alpha value is -1.85.